The van der Waals surface area contributed by atoms with Gasteiger partial charge in [0.15, 0.2) is 0 Å². The van der Waals surface area contributed by atoms with Crippen LogP contribution >= 0.6 is 11.6 Å². The fraction of sp³-hybridized carbons (Fsp3) is 0.308. The minimum atomic E-state index is -1.03. The molecule has 1 aromatic rings. The highest BCUT2D eigenvalue weighted by Crippen LogP contribution is 2.24. The Bertz CT molecular complexity index is 443. The first-order valence-electron chi connectivity index (χ1n) is 5.51. The normalized spacial score (nSPS) is 12.7. The van der Waals surface area contributed by atoms with E-state index in [0.717, 1.165) is 0 Å². The van der Waals surface area contributed by atoms with Crippen LogP contribution in [0.1, 0.15) is 24.2 Å². The summed E-state index contributed by atoms with van der Waals surface area (Å²) in [7, 11) is 0. The van der Waals surface area contributed by atoms with Crippen molar-refractivity contribution in [3.05, 3.63) is 40.4 Å². The van der Waals surface area contributed by atoms with Crippen LogP contribution < -0.4 is 0 Å². The van der Waals surface area contributed by atoms with Gasteiger partial charge in [-0.05, 0) is 30.7 Å². The molecule has 0 radical (unpaired) electrons. The molecule has 0 aliphatic carbocycles. The summed E-state index contributed by atoms with van der Waals surface area (Å²) in [6.45, 7) is 1.63. The van der Waals surface area contributed by atoms with Gasteiger partial charge in [-0.25, -0.2) is 4.79 Å². The van der Waals surface area contributed by atoms with Crippen molar-refractivity contribution in [1.82, 2.24) is 0 Å². The predicted molar refractivity (Wildman–Crippen MR) is 69.2 cm³/mol. The average molecular weight is 271 g/mol. The van der Waals surface area contributed by atoms with Crippen LogP contribution in [0.3, 0.4) is 0 Å². The number of hydrogen-bond donors (Lipinski definition) is 2. The van der Waals surface area contributed by atoms with Gasteiger partial charge in [0.25, 0.3) is 0 Å². The molecule has 4 nitrogen and oxygen atoms in total. The van der Waals surface area contributed by atoms with Gasteiger partial charge in [0, 0.05) is 16.7 Å². The zero-order valence-electron chi connectivity index (χ0n) is 9.97. The zero-order valence-corrected chi connectivity index (χ0v) is 10.7. The first kappa shape index (κ1) is 14.7. The second-order valence-electron chi connectivity index (χ2n) is 3.56. The van der Waals surface area contributed by atoms with Crippen LogP contribution in [0.2, 0.25) is 5.02 Å². The summed E-state index contributed by atoms with van der Waals surface area (Å²) in [6.07, 6.45) is 1.82. The molecule has 0 saturated heterocycles. The molecule has 0 bridgehead atoms. The number of hydrogen-bond acceptors (Lipinski definition) is 4. The molecule has 0 amide bonds. The van der Waals surface area contributed by atoms with E-state index in [1.165, 1.54) is 6.08 Å². The number of halogens is 1. The van der Waals surface area contributed by atoms with Gasteiger partial charge in [0.05, 0.1) is 13.2 Å². The summed E-state index contributed by atoms with van der Waals surface area (Å²) >= 11 is 5.90. The molecule has 5 heteroatoms. The first-order chi connectivity index (χ1) is 8.58. The highest BCUT2D eigenvalue weighted by Gasteiger charge is 2.10. The number of carbonyl (C=O) groups is 1. The second kappa shape index (κ2) is 7.16. The third kappa shape index (κ3) is 4.14. The van der Waals surface area contributed by atoms with Crippen molar-refractivity contribution in [1.29, 1.82) is 0 Å². The van der Waals surface area contributed by atoms with E-state index in [9.17, 15) is 9.90 Å². The van der Waals surface area contributed by atoms with Crippen LogP contribution in [0.15, 0.2) is 24.3 Å². The fourth-order valence-electron chi connectivity index (χ4n) is 1.37. The maximum atomic E-state index is 11.1. The van der Waals surface area contributed by atoms with E-state index in [1.54, 1.807) is 31.2 Å². The summed E-state index contributed by atoms with van der Waals surface area (Å²) in [4.78, 5) is 11.1. The van der Waals surface area contributed by atoms with Gasteiger partial charge in [0.2, 0.25) is 0 Å². The minimum Gasteiger partial charge on any atom is -0.463 e. The molecule has 0 heterocycles. The Hall–Kier alpha value is -1.36. The standard InChI is InChI=1S/C13H15ClO4/c1-2-18-13(17)6-4-9-3-5-11(14)10(7-9)12(16)8-15/h3-7,12,15-16H,2,8H2,1H3/t12-/m1/s1. The molecule has 1 rings (SSSR count). The largest absolute Gasteiger partial charge is 0.463 e. The van der Waals surface area contributed by atoms with Gasteiger partial charge in [-0.1, -0.05) is 17.7 Å². The van der Waals surface area contributed by atoms with E-state index in [1.807, 2.05) is 0 Å². The van der Waals surface area contributed by atoms with E-state index in [4.69, 9.17) is 21.4 Å². The molecule has 0 unspecified atom stereocenters. The van der Waals surface area contributed by atoms with E-state index in [-0.39, 0.29) is 0 Å². The van der Waals surface area contributed by atoms with Crippen LogP contribution in [-0.2, 0) is 9.53 Å². The van der Waals surface area contributed by atoms with Crippen LogP contribution in [0, 0.1) is 0 Å². The average Bonchev–Trinajstić information content (AvgIpc) is 2.37. The molecule has 98 valence electrons. The molecule has 0 spiro atoms. The van der Waals surface area contributed by atoms with Gasteiger partial charge in [0.1, 0.15) is 6.10 Å². The van der Waals surface area contributed by atoms with Gasteiger partial charge in [-0.15, -0.1) is 0 Å². The SMILES string of the molecule is CCOC(=O)C=Cc1ccc(Cl)c([C@H](O)CO)c1. The monoisotopic (exact) mass is 270 g/mol. The predicted octanol–water partition coefficient (Wildman–Crippen LogP) is 1.94. The summed E-state index contributed by atoms with van der Waals surface area (Å²) in [6, 6.07) is 4.91. The van der Waals surface area contributed by atoms with Gasteiger partial charge < -0.3 is 14.9 Å². The third-order valence-corrected chi connectivity index (χ3v) is 2.59. The molecular weight excluding hydrogens is 256 g/mol. The molecule has 2 N–H and O–H groups in total. The van der Waals surface area contributed by atoms with E-state index in [0.29, 0.717) is 22.8 Å². The Morgan fingerprint density at radius 3 is 2.89 bits per heavy atom. The number of ether oxygens (including phenoxy) is 1. The zero-order chi connectivity index (χ0) is 13.5. The van der Waals surface area contributed by atoms with Crippen LogP contribution in [-0.4, -0.2) is 29.4 Å². The maximum absolute atomic E-state index is 11.1. The van der Waals surface area contributed by atoms with Crippen molar-refractivity contribution in [2.24, 2.45) is 0 Å². The number of rotatable bonds is 5. The number of carbonyl (C=O) groups excluding carboxylic acids is 1. The fourth-order valence-corrected chi connectivity index (χ4v) is 1.62. The second-order valence-corrected chi connectivity index (χ2v) is 3.97. The minimum absolute atomic E-state index is 0.318. The van der Waals surface area contributed by atoms with Crippen molar-refractivity contribution < 1.29 is 19.7 Å². The van der Waals surface area contributed by atoms with Gasteiger partial charge in [-0.2, -0.15) is 0 Å². The van der Waals surface area contributed by atoms with Crippen LogP contribution in [0.25, 0.3) is 6.08 Å². The van der Waals surface area contributed by atoms with Crippen molar-refractivity contribution in [3.63, 3.8) is 0 Å². The summed E-state index contributed by atoms with van der Waals surface area (Å²) in [5.74, 6) is -0.434. The van der Waals surface area contributed by atoms with Crippen LogP contribution in [0.5, 0.6) is 0 Å². The Morgan fingerprint density at radius 2 is 2.28 bits per heavy atom. The molecule has 1 aromatic carbocycles. The summed E-state index contributed by atoms with van der Waals surface area (Å²) in [5, 5.41) is 18.8. The molecule has 0 fully saturated rings. The quantitative estimate of drug-likeness (QED) is 0.634. The van der Waals surface area contributed by atoms with E-state index >= 15 is 0 Å². The highest BCUT2D eigenvalue weighted by atomic mass is 35.5. The Kier molecular flexibility index (Phi) is 5.85. The van der Waals surface area contributed by atoms with E-state index < -0.39 is 18.7 Å². The van der Waals surface area contributed by atoms with Crippen molar-refractivity contribution in [2.75, 3.05) is 13.2 Å². The highest BCUT2D eigenvalue weighted by molar-refractivity contribution is 6.31. The maximum Gasteiger partial charge on any atom is 0.330 e. The Morgan fingerprint density at radius 1 is 1.56 bits per heavy atom. The van der Waals surface area contributed by atoms with Gasteiger partial charge >= 0.3 is 5.97 Å². The Balaban J connectivity index is 2.88. The molecule has 0 aromatic heterocycles. The van der Waals surface area contributed by atoms with Crippen LogP contribution in [0.4, 0.5) is 0 Å². The van der Waals surface area contributed by atoms with Gasteiger partial charge in [-0.3, -0.25) is 0 Å². The third-order valence-electron chi connectivity index (χ3n) is 2.25. The summed E-state index contributed by atoms with van der Waals surface area (Å²) < 4.78 is 4.75. The smallest absolute Gasteiger partial charge is 0.330 e. The van der Waals surface area contributed by atoms with Crippen molar-refractivity contribution in [2.45, 2.75) is 13.0 Å². The lowest BCUT2D eigenvalue weighted by atomic mass is 10.1. The lowest BCUT2D eigenvalue weighted by Gasteiger charge is -2.10. The Labute approximate surface area is 110 Å². The lowest BCUT2D eigenvalue weighted by molar-refractivity contribution is -0.137. The topological polar surface area (TPSA) is 66.8 Å². The first-order valence-corrected chi connectivity index (χ1v) is 5.89. The number of aliphatic hydroxyl groups excluding tert-OH is 2. The van der Waals surface area contributed by atoms with Crippen molar-refractivity contribution >= 4 is 23.6 Å². The molecule has 0 aliphatic rings. The molecule has 0 saturated carbocycles. The molecule has 18 heavy (non-hydrogen) atoms. The number of benzene rings is 1. The molecular formula is C13H15ClO4. The number of aliphatic hydroxyl groups is 2. The molecule has 1 atom stereocenters. The summed E-state index contributed by atoms with van der Waals surface area (Å²) in [5.41, 5.74) is 1.11. The van der Waals surface area contributed by atoms with Crippen molar-refractivity contribution in [3.8, 4) is 0 Å². The molecule has 0 aliphatic heterocycles. The lowest BCUT2D eigenvalue weighted by Crippen LogP contribution is -2.03. The van der Waals surface area contributed by atoms with E-state index in [2.05, 4.69) is 0 Å². The number of esters is 1.